The molecule has 2 unspecified atom stereocenters. The van der Waals surface area contributed by atoms with Crippen LogP contribution in [0.5, 0.6) is 0 Å². The fraction of sp³-hybridized carbons (Fsp3) is 0.867. The van der Waals surface area contributed by atoms with Gasteiger partial charge in [0.05, 0.1) is 0 Å². The molecule has 2 aliphatic rings. The van der Waals surface area contributed by atoms with Crippen molar-refractivity contribution in [3.05, 3.63) is 11.6 Å². The summed E-state index contributed by atoms with van der Waals surface area (Å²) in [6.07, 6.45) is 10.9. The Balaban J connectivity index is 2.03. The van der Waals surface area contributed by atoms with E-state index in [9.17, 15) is 0 Å². The van der Waals surface area contributed by atoms with Gasteiger partial charge in [0.15, 0.2) is 0 Å². The second-order valence-electron chi connectivity index (χ2n) is 6.60. The van der Waals surface area contributed by atoms with Crippen molar-refractivity contribution in [1.29, 1.82) is 0 Å². The standard InChI is InChI=1S/C15H26/c1-12-7-5-6-8-15(12,4)11-13(2)14(3)9-10-14/h7,13H,5-6,8-11H2,1-4H3. The normalized spacial score (nSPS) is 35.9. The summed E-state index contributed by atoms with van der Waals surface area (Å²) in [5, 5.41) is 0. The van der Waals surface area contributed by atoms with Gasteiger partial charge in [-0.2, -0.15) is 0 Å². The fourth-order valence-corrected chi connectivity index (χ4v) is 3.13. The van der Waals surface area contributed by atoms with E-state index in [2.05, 4.69) is 33.8 Å². The molecule has 0 saturated heterocycles. The lowest BCUT2D eigenvalue weighted by Gasteiger charge is -2.38. The van der Waals surface area contributed by atoms with Crippen molar-refractivity contribution in [2.75, 3.05) is 0 Å². The quantitative estimate of drug-likeness (QED) is 0.573. The molecule has 0 bridgehead atoms. The Morgan fingerprint density at radius 2 is 1.93 bits per heavy atom. The molecule has 2 atom stereocenters. The topological polar surface area (TPSA) is 0 Å². The zero-order chi connectivity index (χ0) is 11.1. The minimum absolute atomic E-state index is 0.517. The molecule has 2 rings (SSSR count). The first kappa shape index (κ1) is 11.2. The molecule has 15 heavy (non-hydrogen) atoms. The van der Waals surface area contributed by atoms with E-state index >= 15 is 0 Å². The Labute approximate surface area is 95.1 Å². The molecule has 0 radical (unpaired) electrons. The number of rotatable bonds is 3. The van der Waals surface area contributed by atoms with Crippen LogP contribution in [0.2, 0.25) is 0 Å². The second-order valence-corrected chi connectivity index (χ2v) is 6.60. The summed E-state index contributed by atoms with van der Waals surface area (Å²) in [4.78, 5) is 0. The number of hydrogen-bond donors (Lipinski definition) is 0. The van der Waals surface area contributed by atoms with Gasteiger partial charge >= 0.3 is 0 Å². The maximum absolute atomic E-state index is 2.49. The van der Waals surface area contributed by atoms with Crippen LogP contribution in [-0.4, -0.2) is 0 Å². The molecule has 0 aromatic carbocycles. The highest BCUT2D eigenvalue weighted by Gasteiger charge is 2.45. The first-order valence-corrected chi connectivity index (χ1v) is 6.64. The van der Waals surface area contributed by atoms with Crippen LogP contribution in [0.1, 0.15) is 66.2 Å². The molecule has 0 aromatic heterocycles. The van der Waals surface area contributed by atoms with Crippen molar-refractivity contribution >= 4 is 0 Å². The molecule has 0 heteroatoms. The largest absolute Gasteiger partial charge is 0.0851 e. The summed E-state index contributed by atoms with van der Waals surface area (Å²) in [5.74, 6) is 0.906. The van der Waals surface area contributed by atoms with E-state index in [1.807, 2.05) is 0 Å². The maximum Gasteiger partial charge on any atom is -0.0116 e. The van der Waals surface area contributed by atoms with Crippen molar-refractivity contribution in [3.63, 3.8) is 0 Å². The Kier molecular flexibility index (Phi) is 2.73. The van der Waals surface area contributed by atoms with Crippen molar-refractivity contribution in [2.45, 2.75) is 66.2 Å². The first-order valence-electron chi connectivity index (χ1n) is 6.64. The van der Waals surface area contributed by atoms with Crippen molar-refractivity contribution in [3.8, 4) is 0 Å². The molecule has 0 N–H and O–H groups in total. The second kappa shape index (κ2) is 3.64. The minimum Gasteiger partial charge on any atom is -0.0851 e. The van der Waals surface area contributed by atoms with E-state index in [4.69, 9.17) is 0 Å². The molecule has 1 saturated carbocycles. The van der Waals surface area contributed by atoms with Crippen molar-refractivity contribution in [2.24, 2.45) is 16.7 Å². The van der Waals surface area contributed by atoms with Crippen LogP contribution in [-0.2, 0) is 0 Å². The SMILES string of the molecule is CC1=CCCCC1(C)CC(C)C1(C)CC1. The van der Waals surface area contributed by atoms with Crippen LogP contribution in [0.3, 0.4) is 0 Å². The predicted molar refractivity (Wildman–Crippen MR) is 66.8 cm³/mol. The smallest absolute Gasteiger partial charge is 0.0116 e. The van der Waals surface area contributed by atoms with E-state index in [-0.39, 0.29) is 0 Å². The third-order valence-corrected chi connectivity index (χ3v) is 5.32. The van der Waals surface area contributed by atoms with E-state index in [0.29, 0.717) is 10.8 Å². The van der Waals surface area contributed by atoms with Gasteiger partial charge in [-0.1, -0.05) is 32.4 Å². The third kappa shape index (κ3) is 2.14. The summed E-state index contributed by atoms with van der Waals surface area (Å²) in [5.41, 5.74) is 2.87. The fourth-order valence-electron chi connectivity index (χ4n) is 3.13. The van der Waals surface area contributed by atoms with Crippen LogP contribution in [0, 0.1) is 16.7 Å². The van der Waals surface area contributed by atoms with Crippen LogP contribution in [0.15, 0.2) is 11.6 Å². The van der Waals surface area contributed by atoms with Crippen molar-refractivity contribution in [1.82, 2.24) is 0 Å². The monoisotopic (exact) mass is 206 g/mol. The minimum atomic E-state index is 0.517. The van der Waals surface area contributed by atoms with Crippen LogP contribution in [0.4, 0.5) is 0 Å². The van der Waals surface area contributed by atoms with Crippen LogP contribution >= 0.6 is 0 Å². The lowest BCUT2D eigenvalue weighted by Crippen LogP contribution is -2.26. The Morgan fingerprint density at radius 1 is 1.27 bits per heavy atom. The van der Waals surface area contributed by atoms with E-state index < -0.39 is 0 Å². The summed E-state index contributed by atoms with van der Waals surface area (Å²) in [6.45, 7) is 9.78. The van der Waals surface area contributed by atoms with Gasteiger partial charge in [0.1, 0.15) is 0 Å². The molecule has 0 aliphatic heterocycles. The lowest BCUT2D eigenvalue weighted by atomic mass is 9.67. The molecular formula is C15H26. The molecule has 0 amide bonds. The predicted octanol–water partition coefficient (Wildman–Crippen LogP) is 4.95. The molecule has 0 spiro atoms. The molecule has 86 valence electrons. The average molecular weight is 206 g/mol. The number of hydrogen-bond acceptors (Lipinski definition) is 0. The first-order chi connectivity index (χ1) is 6.96. The molecule has 2 aliphatic carbocycles. The molecular weight excluding hydrogens is 180 g/mol. The number of allylic oxidation sites excluding steroid dienone is 2. The third-order valence-electron chi connectivity index (χ3n) is 5.32. The summed E-state index contributed by atoms with van der Waals surface area (Å²) >= 11 is 0. The van der Waals surface area contributed by atoms with Gasteiger partial charge in [-0.05, 0) is 62.2 Å². The van der Waals surface area contributed by atoms with Gasteiger partial charge in [0.25, 0.3) is 0 Å². The van der Waals surface area contributed by atoms with E-state index in [0.717, 1.165) is 5.92 Å². The van der Waals surface area contributed by atoms with Gasteiger partial charge in [-0.15, -0.1) is 0 Å². The summed E-state index contributed by atoms with van der Waals surface area (Å²) in [7, 11) is 0. The van der Waals surface area contributed by atoms with E-state index in [1.165, 1.54) is 38.5 Å². The van der Waals surface area contributed by atoms with Gasteiger partial charge in [-0.3, -0.25) is 0 Å². The van der Waals surface area contributed by atoms with Gasteiger partial charge < -0.3 is 0 Å². The Bertz CT molecular complexity index is 270. The molecule has 0 nitrogen and oxygen atoms in total. The highest BCUT2D eigenvalue weighted by atomic mass is 14.5. The average Bonchev–Trinajstić information content (AvgIpc) is 2.91. The van der Waals surface area contributed by atoms with Crippen LogP contribution < -0.4 is 0 Å². The zero-order valence-corrected chi connectivity index (χ0v) is 10.9. The molecule has 1 fully saturated rings. The van der Waals surface area contributed by atoms with Crippen molar-refractivity contribution < 1.29 is 0 Å². The zero-order valence-electron chi connectivity index (χ0n) is 10.9. The Morgan fingerprint density at radius 3 is 2.47 bits per heavy atom. The molecule has 0 aromatic rings. The maximum atomic E-state index is 2.49. The van der Waals surface area contributed by atoms with E-state index in [1.54, 1.807) is 5.57 Å². The highest BCUT2D eigenvalue weighted by Crippen LogP contribution is 2.56. The van der Waals surface area contributed by atoms with Gasteiger partial charge in [0, 0.05) is 0 Å². The van der Waals surface area contributed by atoms with Crippen LogP contribution in [0.25, 0.3) is 0 Å². The summed E-state index contributed by atoms with van der Waals surface area (Å²) in [6, 6.07) is 0. The molecule has 0 heterocycles. The Hall–Kier alpha value is -0.260. The lowest BCUT2D eigenvalue weighted by molar-refractivity contribution is 0.211. The van der Waals surface area contributed by atoms with Gasteiger partial charge in [-0.25, -0.2) is 0 Å². The highest BCUT2D eigenvalue weighted by molar-refractivity contribution is 5.14. The summed E-state index contributed by atoms with van der Waals surface area (Å²) < 4.78 is 0. The van der Waals surface area contributed by atoms with Gasteiger partial charge in [0.2, 0.25) is 0 Å².